The Morgan fingerprint density at radius 2 is 2.38 bits per heavy atom. The van der Waals surface area contributed by atoms with Crippen LogP contribution in [0.5, 0.6) is 0 Å². The van der Waals surface area contributed by atoms with E-state index >= 15 is 0 Å². The molecule has 1 aliphatic rings. The molecule has 0 unspecified atom stereocenters. The standard InChI is InChI=1S/C12H20O4/c1-5-9(7-11(13)14-6-2)10-8-15-12(3,4)16-10/h5,9-10H,1,6-8H2,2-4H3/t9-,10-/m1/s1. The van der Waals surface area contributed by atoms with E-state index in [1.807, 2.05) is 13.8 Å². The summed E-state index contributed by atoms with van der Waals surface area (Å²) in [5.74, 6) is -0.845. The third-order valence-corrected chi connectivity index (χ3v) is 2.52. The molecule has 0 aliphatic carbocycles. The maximum atomic E-state index is 11.4. The van der Waals surface area contributed by atoms with Crippen LogP contribution in [-0.2, 0) is 19.0 Å². The zero-order valence-corrected chi connectivity index (χ0v) is 10.2. The van der Waals surface area contributed by atoms with Crippen molar-refractivity contribution in [2.75, 3.05) is 13.2 Å². The van der Waals surface area contributed by atoms with E-state index in [0.717, 1.165) is 0 Å². The van der Waals surface area contributed by atoms with Crippen LogP contribution in [0, 0.1) is 5.92 Å². The first-order valence-electron chi connectivity index (χ1n) is 5.58. The first-order chi connectivity index (χ1) is 7.48. The average molecular weight is 228 g/mol. The van der Waals surface area contributed by atoms with Crippen LogP contribution in [0.15, 0.2) is 12.7 Å². The largest absolute Gasteiger partial charge is 0.466 e. The summed E-state index contributed by atoms with van der Waals surface area (Å²) in [5, 5.41) is 0. The first kappa shape index (κ1) is 13.2. The summed E-state index contributed by atoms with van der Waals surface area (Å²) in [6.45, 7) is 10.1. The molecule has 0 aromatic carbocycles. The minimum absolute atomic E-state index is 0.0548. The Balaban J connectivity index is 2.49. The SMILES string of the molecule is C=C[C@H](CC(=O)OCC)[C@H]1COC(C)(C)O1. The van der Waals surface area contributed by atoms with E-state index < -0.39 is 5.79 Å². The van der Waals surface area contributed by atoms with Gasteiger partial charge in [0.25, 0.3) is 0 Å². The lowest BCUT2D eigenvalue weighted by atomic mass is 9.99. The smallest absolute Gasteiger partial charge is 0.306 e. The third-order valence-electron chi connectivity index (χ3n) is 2.52. The van der Waals surface area contributed by atoms with Crippen LogP contribution >= 0.6 is 0 Å². The molecule has 0 saturated carbocycles. The van der Waals surface area contributed by atoms with E-state index in [2.05, 4.69) is 6.58 Å². The van der Waals surface area contributed by atoms with Crippen LogP contribution in [-0.4, -0.2) is 31.1 Å². The lowest BCUT2D eigenvalue weighted by Gasteiger charge is -2.21. The van der Waals surface area contributed by atoms with Gasteiger partial charge in [-0.1, -0.05) is 6.08 Å². The van der Waals surface area contributed by atoms with Gasteiger partial charge in [-0.15, -0.1) is 6.58 Å². The van der Waals surface area contributed by atoms with Crippen molar-refractivity contribution in [3.63, 3.8) is 0 Å². The highest BCUT2D eigenvalue weighted by molar-refractivity contribution is 5.70. The van der Waals surface area contributed by atoms with Crippen LogP contribution in [0.3, 0.4) is 0 Å². The van der Waals surface area contributed by atoms with Gasteiger partial charge in [-0.05, 0) is 20.8 Å². The maximum absolute atomic E-state index is 11.4. The second kappa shape index (κ2) is 5.46. The molecule has 0 bridgehead atoms. The molecule has 4 heteroatoms. The highest BCUT2D eigenvalue weighted by atomic mass is 16.7. The molecule has 16 heavy (non-hydrogen) atoms. The quantitative estimate of drug-likeness (QED) is 0.532. The van der Waals surface area contributed by atoms with Crippen molar-refractivity contribution in [2.45, 2.75) is 39.1 Å². The van der Waals surface area contributed by atoms with Gasteiger partial charge in [0.2, 0.25) is 0 Å². The van der Waals surface area contributed by atoms with E-state index in [1.165, 1.54) is 0 Å². The van der Waals surface area contributed by atoms with E-state index in [1.54, 1.807) is 13.0 Å². The minimum atomic E-state index is -0.569. The van der Waals surface area contributed by atoms with E-state index in [9.17, 15) is 4.79 Å². The molecule has 1 rings (SSSR count). The highest BCUT2D eigenvalue weighted by Crippen LogP contribution is 2.28. The topological polar surface area (TPSA) is 44.8 Å². The van der Waals surface area contributed by atoms with Crippen molar-refractivity contribution in [1.82, 2.24) is 0 Å². The fourth-order valence-corrected chi connectivity index (χ4v) is 1.71. The molecular formula is C12H20O4. The van der Waals surface area contributed by atoms with Crippen LogP contribution in [0.1, 0.15) is 27.2 Å². The molecule has 1 heterocycles. The van der Waals surface area contributed by atoms with Crippen molar-refractivity contribution in [1.29, 1.82) is 0 Å². The van der Waals surface area contributed by atoms with Crippen LogP contribution in [0.25, 0.3) is 0 Å². The zero-order valence-electron chi connectivity index (χ0n) is 10.2. The minimum Gasteiger partial charge on any atom is -0.466 e. The molecule has 0 amide bonds. The van der Waals surface area contributed by atoms with Crippen molar-refractivity contribution in [2.24, 2.45) is 5.92 Å². The van der Waals surface area contributed by atoms with E-state index in [0.29, 0.717) is 19.6 Å². The zero-order chi connectivity index (χ0) is 12.2. The normalized spacial score (nSPS) is 25.1. The van der Waals surface area contributed by atoms with Gasteiger partial charge in [-0.3, -0.25) is 4.79 Å². The summed E-state index contributed by atoms with van der Waals surface area (Å²) in [4.78, 5) is 11.4. The van der Waals surface area contributed by atoms with Gasteiger partial charge < -0.3 is 14.2 Å². The molecule has 0 radical (unpaired) electrons. The highest BCUT2D eigenvalue weighted by Gasteiger charge is 2.37. The Labute approximate surface area is 96.6 Å². The summed E-state index contributed by atoms with van der Waals surface area (Å²) in [6.07, 6.45) is 1.91. The predicted octanol–water partition coefficient (Wildman–Crippen LogP) is 1.89. The fourth-order valence-electron chi connectivity index (χ4n) is 1.71. The number of carbonyl (C=O) groups excluding carboxylic acids is 1. The van der Waals surface area contributed by atoms with Gasteiger partial charge in [-0.2, -0.15) is 0 Å². The lowest BCUT2D eigenvalue weighted by Crippen LogP contribution is -2.27. The first-order valence-corrected chi connectivity index (χ1v) is 5.58. The molecule has 1 saturated heterocycles. The molecule has 1 aliphatic heterocycles. The average Bonchev–Trinajstić information content (AvgIpc) is 2.55. The maximum Gasteiger partial charge on any atom is 0.306 e. The Hall–Kier alpha value is -0.870. The Morgan fingerprint density at radius 3 is 2.81 bits per heavy atom. The second-order valence-electron chi connectivity index (χ2n) is 4.28. The number of rotatable bonds is 5. The van der Waals surface area contributed by atoms with Gasteiger partial charge in [0.1, 0.15) is 0 Å². The van der Waals surface area contributed by atoms with Crippen molar-refractivity contribution in [3.05, 3.63) is 12.7 Å². The molecule has 4 nitrogen and oxygen atoms in total. The monoisotopic (exact) mass is 228 g/mol. The summed E-state index contributed by atoms with van der Waals surface area (Å²) < 4.78 is 16.0. The fraction of sp³-hybridized carbons (Fsp3) is 0.750. The summed E-state index contributed by atoms with van der Waals surface area (Å²) >= 11 is 0. The molecule has 0 N–H and O–H groups in total. The lowest BCUT2D eigenvalue weighted by molar-refractivity contribution is -0.151. The molecule has 0 aromatic heterocycles. The molecule has 2 atom stereocenters. The summed E-state index contributed by atoms with van der Waals surface area (Å²) in [7, 11) is 0. The molecule has 1 fully saturated rings. The van der Waals surface area contributed by atoms with E-state index in [4.69, 9.17) is 14.2 Å². The molecular weight excluding hydrogens is 208 g/mol. The summed E-state index contributed by atoms with van der Waals surface area (Å²) in [5.41, 5.74) is 0. The van der Waals surface area contributed by atoms with Gasteiger partial charge in [0.15, 0.2) is 5.79 Å². The van der Waals surface area contributed by atoms with Crippen molar-refractivity contribution < 1.29 is 19.0 Å². The van der Waals surface area contributed by atoms with Crippen LogP contribution < -0.4 is 0 Å². The van der Waals surface area contributed by atoms with E-state index in [-0.39, 0.29) is 18.0 Å². The molecule has 0 spiro atoms. The second-order valence-corrected chi connectivity index (χ2v) is 4.28. The predicted molar refractivity (Wildman–Crippen MR) is 59.8 cm³/mol. The number of hydrogen-bond acceptors (Lipinski definition) is 4. The van der Waals surface area contributed by atoms with Crippen molar-refractivity contribution in [3.8, 4) is 0 Å². The van der Waals surface area contributed by atoms with Crippen molar-refractivity contribution >= 4 is 5.97 Å². The van der Waals surface area contributed by atoms with Gasteiger partial charge in [-0.25, -0.2) is 0 Å². The van der Waals surface area contributed by atoms with Gasteiger partial charge >= 0.3 is 5.97 Å². The molecule has 0 aromatic rings. The Morgan fingerprint density at radius 1 is 1.69 bits per heavy atom. The molecule has 92 valence electrons. The number of carbonyl (C=O) groups is 1. The number of ether oxygens (including phenoxy) is 3. The van der Waals surface area contributed by atoms with Gasteiger partial charge in [0, 0.05) is 5.92 Å². The Bertz CT molecular complexity index is 260. The number of esters is 1. The summed E-state index contributed by atoms with van der Waals surface area (Å²) in [6, 6.07) is 0. The van der Waals surface area contributed by atoms with Crippen LogP contribution in [0.4, 0.5) is 0 Å². The van der Waals surface area contributed by atoms with Crippen LogP contribution in [0.2, 0.25) is 0 Å². The van der Waals surface area contributed by atoms with Gasteiger partial charge in [0.05, 0.1) is 25.7 Å². The number of hydrogen-bond donors (Lipinski definition) is 0. The third kappa shape index (κ3) is 3.61. The Kier molecular flexibility index (Phi) is 4.50.